The van der Waals surface area contributed by atoms with Crippen LogP contribution in [0.25, 0.3) is 0 Å². The Labute approximate surface area is 113 Å². The molecule has 0 unspecified atom stereocenters. The first-order valence-corrected chi connectivity index (χ1v) is 5.95. The summed E-state index contributed by atoms with van der Waals surface area (Å²) in [5, 5.41) is 10.3. The fourth-order valence-electron chi connectivity index (χ4n) is 1.42. The third kappa shape index (κ3) is 3.51. The quantitative estimate of drug-likeness (QED) is 0.939. The lowest BCUT2D eigenvalue weighted by Crippen LogP contribution is -2.08. The Bertz CT molecular complexity index is 550. The van der Waals surface area contributed by atoms with E-state index >= 15 is 0 Å². The number of halogens is 3. The number of hydrogen-bond acceptors (Lipinski definition) is 4. The molecule has 0 aliphatic rings. The molecule has 0 aliphatic heterocycles. The van der Waals surface area contributed by atoms with Gasteiger partial charge < -0.3 is 5.32 Å². The van der Waals surface area contributed by atoms with Gasteiger partial charge in [-0.2, -0.15) is 4.98 Å². The molecule has 2 rings (SSSR count). The van der Waals surface area contributed by atoms with Crippen LogP contribution in [0.3, 0.4) is 0 Å². The van der Waals surface area contributed by atoms with E-state index in [0.29, 0.717) is 18.8 Å². The van der Waals surface area contributed by atoms with E-state index < -0.39 is 0 Å². The molecule has 7 heteroatoms. The van der Waals surface area contributed by atoms with Crippen molar-refractivity contribution < 1.29 is 4.39 Å². The summed E-state index contributed by atoms with van der Waals surface area (Å²) in [6.07, 6.45) is 0.635. The van der Waals surface area contributed by atoms with Crippen LogP contribution in [0.15, 0.2) is 24.3 Å². The van der Waals surface area contributed by atoms with Crippen molar-refractivity contribution >= 4 is 29.0 Å². The molecular weight excluding hydrogens is 278 g/mol. The van der Waals surface area contributed by atoms with E-state index in [9.17, 15) is 4.39 Å². The van der Waals surface area contributed by atoms with Gasteiger partial charge in [0.1, 0.15) is 5.82 Å². The van der Waals surface area contributed by atoms with E-state index in [2.05, 4.69) is 20.5 Å². The van der Waals surface area contributed by atoms with Gasteiger partial charge in [0, 0.05) is 6.54 Å². The van der Waals surface area contributed by atoms with Crippen LogP contribution in [0.1, 0.15) is 5.56 Å². The fourth-order valence-corrected chi connectivity index (χ4v) is 1.69. The van der Waals surface area contributed by atoms with Gasteiger partial charge in [0.15, 0.2) is 11.0 Å². The Balaban J connectivity index is 1.94. The molecule has 94 valence electrons. The number of aromatic nitrogens is 3. The molecule has 0 saturated heterocycles. The smallest absolute Gasteiger partial charge is 0.245 e. The first kappa shape index (κ1) is 13.0. The van der Waals surface area contributed by atoms with Crippen molar-refractivity contribution in [1.82, 2.24) is 15.2 Å². The number of anilines is 1. The van der Waals surface area contributed by atoms with E-state index in [0.717, 1.165) is 5.56 Å². The minimum Gasteiger partial charge on any atom is -0.367 e. The van der Waals surface area contributed by atoms with E-state index in [-0.39, 0.29) is 16.3 Å². The van der Waals surface area contributed by atoms with Gasteiger partial charge in [-0.05, 0) is 35.7 Å². The summed E-state index contributed by atoms with van der Waals surface area (Å²) in [6, 6.07) is 6.40. The molecule has 0 radical (unpaired) electrons. The predicted molar refractivity (Wildman–Crippen MR) is 68.4 cm³/mol. The van der Waals surface area contributed by atoms with Gasteiger partial charge in [0.05, 0.1) is 0 Å². The Kier molecular flexibility index (Phi) is 4.28. The van der Waals surface area contributed by atoms with Crippen molar-refractivity contribution in [2.75, 3.05) is 11.9 Å². The lowest BCUT2D eigenvalue weighted by atomic mass is 10.1. The number of nitrogens with zero attached hydrogens (tertiary/aromatic N) is 3. The summed E-state index contributed by atoms with van der Waals surface area (Å²) in [6.45, 7) is 0.540. The number of benzene rings is 1. The highest BCUT2D eigenvalue weighted by atomic mass is 35.5. The maximum Gasteiger partial charge on any atom is 0.245 e. The first-order valence-electron chi connectivity index (χ1n) is 5.19. The monoisotopic (exact) mass is 286 g/mol. The van der Waals surface area contributed by atoms with Crippen molar-refractivity contribution in [2.24, 2.45) is 0 Å². The molecule has 0 bridgehead atoms. The second-order valence-electron chi connectivity index (χ2n) is 3.53. The molecule has 0 fully saturated rings. The summed E-state index contributed by atoms with van der Waals surface area (Å²) in [4.78, 5) is 3.90. The molecule has 4 nitrogen and oxygen atoms in total. The molecular formula is C11H9Cl2FN4. The highest BCUT2D eigenvalue weighted by molar-refractivity contribution is 6.32. The average molecular weight is 287 g/mol. The molecule has 1 heterocycles. The van der Waals surface area contributed by atoms with Crippen molar-refractivity contribution in [2.45, 2.75) is 6.42 Å². The maximum absolute atomic E-state index is 12.9. The van der Waals surface area contributed by atoms with Crippen molar-refractivity contribution in [3.05, 3.63) is 46.1 Å². The summed E-state index contributed by atoms with van der Waals surface area (Å²) >= 11 is 11.4. The van der Waals surface area contributed by atoms with E-state index in [4.69, 9.17) is 23.2 Å². The summed E-state index contributed by atoms with van der Waals surface area (Å²) < 4.78 is 12.9. The fraction of sp³-hybridized carbons (Fsp3) is 0.182. The van der Waals surface area contributed by atoms with E-state index in [1.807, 2.05) is 6.07 Å². The molecule has 0 atom stereocenters. The lowest BCUT2D eigenvalue weighted by molar-refractivity contribution is 0.625. The third-order valence-corrected chi connectivity index (χ3v) is 2.63. The molecule has 1 aromatic heterocycles. The molecule has 2 aromatic rings. The van der Waals surface area contributed by atoms with Crippen LogP contribution in [-0.4, -0.2) is 21.7 Å². The first-order chi connectivity index (χ1) is 8.65. The van der Waals surface area contributed by atoms with Crippen molar-refractivity contribution in [3.8, 4) is 0 Å². The standard InChI is InChI=1S/C11H9Cl2FN4/c12-9-10(16-11(13)18-17-9)15-5-4-7-2-1-3-8(14)6-7/h1-3,6H,4-5H2,(H,15,16,18). The van der Waals surface area contributed by atoms with Crippen LogP contribution in [0.5, 0.6) is 0 Å². The number of nitrogens with one attached hydrogen (secondary N) is 1. The normalized spacial score (nSPS) is 10.4. The zero-order chi connectivity index (χ0) is 13.0. The second kappa shape index (κ2) is 5.93. The zero-order valence-corrected chi connectivity index (χ0v) is 10.7. The van der Waals surface area contributed by atoms with Gasteiger partial charge in [0.25, 0.3) is 0 Å². The molecule has 0 spiro atoms. The third-order valence-electron chi connectivity index (χ3n) is 2.21. The highest BCUT2D eigenvalue weighted by Crippen LogP contribution is 2.16. The van der Waals surface area contributed by atoms with Gasteiger partial charge in [-0.25, -0.2) is 4.39 Å². The van der Waals surface area contributed by atoms with Gasteiger partial charge in [0.2, 0.25) is 5.28 Å². The highest BCUT2D eigenvalue weighted by Gasteiger charge is 2.05. The van der Waals surface area contributed by atoms with Crippen LogP contribution >= 0.6 is 23.2 Å². The number of rotatable bonds is 4. The minimum atomic E-state index is -0.253. The Morgan fingerprint density at radius 1 is 1.22 bits per heavy atom. The van der Waals surface area contributed by atoms with Gasteiger partial charge in [-0.15, -0.1) is 10.2 Å². The predicted octanol–water partition coefficient (Wildman–Crippen LogP) is 2.97. The topological polar surface area (TPSA) is 50.7 Å². The summed E-state index contributed by atoms with van der Waals surface area (Å²) in [5.41, 5.74) is 0.881. The van der Waals surface area contributed by atoms with Crippen LogP contribution in [0.2, 0.25) is 10.4 Å². The number of hydrogen-bond donors (Lipinski definition) is 1. The van der Waals surface area contributed by atoms with Gasteiger partial charge in [-0.3, -0.25) is 0 Å². The van der Waals surface area contributed by atoms with Crippen LogP contribution in [0, 0.1) is 5.82 Å². The van der Waals surface area contributed by atoms with Crippen LogP contribution in [-0.2, 0) is 6.42 Å². The zero-order valence-electron chi connectivity index (χ0n) is 9.20. The SMILES string of the molecule is Fc1cccc(CCNc2nc(Cl)nnc2Cl)c1. The van der Waals surface area contributed by atoms with Crippen molar-refractivity contribution in [3.63, 3.8) is 0 Å². The van der Waals surface area contributed by atoms with Crippen molar-refractivity contribution in [1.29, 1.82) is 0 Å². The maximum atomic E-state index is 12.9. The molecule has 0 aliphatic carbocycles. The molecule has 1 aromatic carbocycles. The molecule has 0 saturated carbocycles. The van der Waals surface area contributed by atoms with Crippen LogP contribution in [0.4, 0.5) is 10.2 Å². The Morgan fingerprint density at radius 3 is 2.83 bits per heavy atom. The molecule has 18 heavy (non-hydrogen) atoms. The van der Waals surface area contributed by atoms with E-state index in [1.165, 1.54) is 12.1 Å². The molecule has 1 N–H and O–H groups in total. The van der Waals surface area contributed by atoms with Gasteiger partial charge >= 0.3 is 0 Å². The molecule has 0 amide bonds. The summed E-state index contributed by atoms with van der Waals surface area (Å²) in [7, 11) is 0. The largest absolute Gasteiger partial charge is 0.367 e. The minimum absolute atomic E-state index is 0.0210. The van der Waals surface area contributed by atoms with E-state index in [1.54, 1.807) is 6.07 Å². The average Bonchev–Trinajstić information content (AvgIpc) is 2.34. The Hall–Kier alpha value is -1.46. The second-order valence-corrected chi connectivity index (χ2v) is 4.22. The van der Waals surface area contributed by atoms with Crippen LogP contribution < -0.4 is 5.32 Å². The lowest BCUT2D eigenvalue weighted by Gasteiger charge is -2.06. The Morgan fingerprint density at radius 2 is 2.06 bits per heavy atom. The summed E-state index contributed by atoms with van der Waals surface area (Å²) in [5.74, 6) is 0.116. The van der Waals surface area contributed by atoms with Gasteiger partial charge in [-0.1, -0.05) is 23.7 Å².